The predicted molar refractivity (Wildman–Crippen MR) is 92.8 cm³/mol. The molecule has 106 valence electrons. The van der Waals surface area contributed by atoms with E-state index in [1.54, 1.807) is 0 Å². The van der Waals surface area contributed by atoms with E-state index in [-0.39, 0.29) is 0 Å². The zero-order valence-electron chi connectivity index (χ0n) is 12.9. The lowest BCUT2D eigenvalue weighted by atomic mass is 9.93. The number of hydrogen-bond acceptors (Lipinski definition) is 0. The van der Waals surface area contributed by atoms with Crippen molar-refractivity contribution in [2.45, 2.75) is 6.92 Å². The van der Waals surface area contributed by atoms with E-state index in [4.69, 9.17) is 0 Å². The summed E-state index contributed by atoms with van der Waals surface area (Å²) in [6, 6.07) is 23.9. The number of benzene rings is 3. The molecule has 0 atom stereocenters. The first-order chi connectivity index (χ1) is 10.8. The van der Waals surface area contributed by atoms with Crippen LogP contribution in [0.5, 0.6) is 0 Å². The number of nitrogens with zero attached hydrogens (tertiary/aromatic N) is 1. The molecular formula is C21H18N+. The summed E-state index contributed by atoms with van der Waals surface area (Å²) in [5.41, 5.74) is 5.20. The van der Waals surface area contributed by atoms with Crippen molar-refractivity contribution in [2.75, 3.05) is 0 Å². The van der Waals surface area contributed by atoms with Gasteiger partial charge in [0.25, 0.3) is 0 Å². The van der Waals surface area contributed by atoms with Crippen molar-refractivity contribution in [3.63, 3.8) is 0 Å². The molecule has 1 aromatic heterocycles. The van der Waals surface area contributed by atoms with Crippen LogP contribution in [0.25, 0.3) is 32.8 Å². The Kier molecular flexibility index (Phi) is 2.93. The summed E-state index contributed by atoms with van der Waals surface area (Å²) in [6.07, 6.45) is 2.12. The van der Waals surface area contributed by atoms with E-state index in [2.05, 4.69) is 91.5 Å². The molecule has 1 heterocycles. The number of aromatic nitrogens is 1. The molecule has 0 aliphatic heterocycles. The minimum Gasteiger partial charge on any atom is -0.200 e. The van der Waals surface area contributed by atoms with E-state index in [1.165, 1.54) is 38.4 Å². The molecule has 22 heavy (non-hydrogen) atoms. The van der Waals surface area contributed by atoms with Gasteiger partial charge in [0.15, 0.2) is 6.20 Å². The van der Waals surface area contributed by atoms with Crippen LogP contribution in [0, 0.1) is 6.92 Å². The van der Waals surface area contributed by atoms with Crippen LogP contribution < -0.4 is 4.57 Å². The normalized spacial score (nSPS) is 11.2. The summed E-state index contributed by atoms with van der Waals surface area (Å²) in [7, 11) is 2.12. The third kappa shape index (κ3) is 1.90. The lowest BCUT2D eigenvalue weighted by molar-refractivity contribution is -0.644. The van der Waals surface area contributed by atoms with Crippen molar-refractivity contribution < 1.29 is 4.57 Å². The highest BCUT2D eigenvalue weighted by Gasteiger charge is 2.15. The first-order valence-corrected chi connectivity index (χ1v) is 7.62. The standard InChI is InChI=1S/C21H18N/c1-15-8-6-12-18-19(16-9-4-3-5-10-16)14-17-11-7-13-22(2)21(17)20(15)18/h3-14H,1-2H3/q+1. The van der Waals surface area contributed by atoms with Crippen LogP contribution in [-0.2, 0) is 7.05 Å². The third-order valence-corrected chi connectivity index (χ3v) is 4.40. The largest absolute Gasteiger partial charge is 0.220 e. The molecule has 3 aromatic carbocycles. The molecule has 4 aromatic rings. The summed E-state index contributed by atoms with van der Waals surface area (Å²) in [4.78, 5) is 0. The van der Waals surface area contributed by atoms with Gasteiger partial charge in [-0.05, 0) is 41.1 Å². The molecule has 1 heteroatoms. The lowest BCUT2D eigenvalue weighted by Gasteiger charge is -2.11. The first kappa shape index (κ1) is 13.0. The molecule has 0 unspecified atom stereocenters. The predicted octanol–water partition coefficient (Wildman–Crippen LogP) is 4.79. The molecule has 0 N–H and O–H groups in total. The highest BCUT2D eigenvalue weighted by Crippen LogP contribution is 2.34. The Hall–Kier alpha value is -2.67. The van der Waals surface area contributed by atoms with Crippen molar-refractivity contribution in [2.24, 2.45) is 7.05 Å². The van der Waals surface area contributed by atoms with Gasteiger partial charge in [-0.15, -0.1) is 0 Å². The van der Waals surface area contributed by atoms with E-state index in [0.717, 1.165) is 0 Å². The average Bonchev–Trinajstić information content (AvgIpc) is 2.55. The fraction of sp³-hybridized carbons (Fsp3) is 0.0952. The topological polar surface area (TPSA) is 3.88 Å². The maximum Gasteiger partial charge on any atom is 0.220 e. The van der Waals surface area contributed by atoms with Crippen LogP contribution >= 0.6 is 0 Å². The number of pyridine rings is 1. The Morgan fingerprint density at radius 3 is 2.45 bits per heavy atom. The van der Waals surface area contributed by atoms with E-state index in [0.29, 0.717) is 0 Å². The van der Waals surface area contributed by atoms with Gasteiger partial charge in [0.1, 0.15) is 7.05 Å². The summed E-state index contributed by atoms with van der Waals surface area (Å²) in [5, 5.41) is 3.95. The molecule has 0 aliphatic rings. The quantitative estimate of drug-likeness (QED) is 0.349. The average molecular weight is 284 g/mol. The van der Waals surface area contributed by atoms with Crippen LogP contribution in [0.15, 0.2) is 72.9 Å². The maximum atomic E-state index is 2.31. The summed E-state index contributed by atoms with van der Waals surface area (Å²) in [6.45, 7) is 2.20. The Morgan fingerprint density at radius 2 is 1.64 bits per heavy atom. The second-order valence-corrected chi connectivity index (χ2v) is 5.84. The van der Waals surface area contributed by atoms with Gasteiger partial charge in [-0.2, -0.15) is 0 Å². The molecular weight excluding hydrogens is 266 g/mol. The Bertz CT molecular complexity index is 985. The SMILES string of the molecule is Cc1cccc2c(-c3ccccc3)cc3ccc[n+](C)c3c12. The van der Waals surface area contributed by atoms with E-state index in [1.807, 2.05) is 0 Å². The number of fused-ring (bicyclic) bond motifs is 3. The smallest absolute Gasteiger partial charge is 0.200 e. The summed E-state index contributed by atoms with van der Waals surface area (Å²) >= 11 is 0. The van der Waals surface area contributed by atoms with Crippen molar-refractivity contribution in [3.8, 4) is 11.1 Å². The Balaban J connectivity index is 2.25. The zero-order chi connectivity index (χ0) is 15.1. The second kappa shape index (κ2) is 4.96. The van der Waals surface area contributed by atoms with Crippen molar-refractivity contribution in [1.29, 1.82) is 0 Å². The molecule has 0 bridgehead atoms. The minimum atomic E-state index is 1.27. The monoisotopic (exact) mass is 284 g/mol. The molecule has 0 radical (unpaired) electrons. The van der Waals surface area contributed by atoms with Crippen molar-refractivity contribution in [1.82, 2.24) is 0 Å². The fourth-order valence-corrected chi connectivity index (χ4v) is 3.37. The molecule has 1 nitrogen and oxygen atoms in total. The molecule has 4 rings (SSSR count). The summed E-state index contributed by atoms with van der Waals surface area (Å²) in [5.74, 6) is 0. The highest BCUT2D eigenvalue weighted by atomic mass is 14.9. The van der Waals surface area contributed by atoms with Crippen LogP contribution in [0.1, 0.15) is 5.56 Å². The number of aryl methyl sites for hydroxylation is 2. The number of hydrogen-bond donors (Lipinski definition) is 0. The lowest BCUT2D eigenvalue weighted by Crippen LogP contribution is -2.28. The van der Waals surface area contributed by atoms with Crippen molar-refractivity contribution in [3.05, 3.63) is 78.5 Å². The van der Waals surface area contributed by atoms with Gasteiger partial charge in [0, 0.05) is 11.5 Å². The van der Waals surface area contributed by atoms with Gasteiger partial charge in [-0.3, -0.25) is 0 Å². The minimum absolute atomic E-state index is 1.27. The van der Waals surface area contributed by atoms with Crippen LogP contribution in [0.2, 0.25) is 0 Å². The molecule has 0 amide bonds. The van der Waals surface area contributed by atoms with E-state index >= 15 is 0 Å². The second-order valence-electron chi connectivity index (χ2n) is 5.84. The van der Waals surface area contributed by atoms with E-state index in [9.17, 15) is 0 Å². The molecule has 0 saturated carbocycles. The Labute approximate surface area is 130 Å². The summed E-state index contributed by atoms with van der Waals surface area (Å²) < 4.78 is 2.22. The van der Waals surface area contributed by atoms with Crippen molar-refractivity contribution >= 4 is 21.7 Å². The van der Waals surface area contributed by atoms with Gasteiger partial charge in [-0.25, -0.2) is 4.57 Å². The Morgan fingerprint density at radius 1 is 0.818 bits per heavy atom. The van der Waals surface area contributed by atoms with Gasteiger partial charge in [0.2, 0.25) is 5.52 Å². The van der Waals surface area contributed by atoms with Crippen LogP contribution in [0.4, 0.5) is 0 Å². The highest BCUT2D eigenvalue weighted by molar-refractivity contribution is 6.12. The maximum absolute atomic E-state index is 2.31. The molecule has 0 fully saturated rings. The molecule has 0 spiro atoms. The third-order valence-electron chi connectivity index (χ3n) is 4.40. The van der Waals surface area contributed by atoms with Gasteiger partial charge >= 0.3 is 0 Å². The molecule has 0 aliphatic carbocycles. The first-order valence-electron chi connectivity index (χ1n) is 7.62. The fourth-order valence-electron chi connectivity index (χ4n) is 3.37. The number of rotatable bonds is 1. The van der Waals surface area contributed by atoms with Gasteiger partial charge in [0.05, 0.1) is 5.39 Å². The van der Waals surface area contributed by atoms with Gasteiger partial charge < -0.3 is 0 Å². The van der Waals surface area contributed by atoms with Crippen LogP contribution in [0.3, 0.4) is 0 Å². The van der Waals surface area contributed by atoms with E-state index < -0.39 is 0 Å². The molecule has 0 saturated heterocycles. The van der Waals surface area contributed by atoms with Crippen LogP contribution in [-0.4, -0.2) is 0 Å². The zero-order valence-corrected chi connectivity index (χ0v) is 12.9. The van der Waals surface area contributed by atoms with Gasteiger partial charge in [-0.1, -0.05) is 48.5 Å².